The van der Waals surface area contributed by atoms with E-state index in [-0.39, 0.29) is 4.90 Å². The third-order valence-electron chi connectivity index (χ3n) is 3.90. The molecule has 148 valence electrons. The fraction of sp³-hybridized carbons (Fsp3) is 0.0476. The van der Waals surface area contributed by atoms with Gasteiger partial charge in [0.05, 0.1) is 16.7 Å². The molecule has 0 saturated carbocycles. The fourth-order valence-corrected chi connectivity index (χ4v) is 3.59. The third-order valence-corrected chi connectivity index (χ3v) is 5.83. The molecule has 0 unspecified atom stereocenters. The number of sulfonamides is 1. The second-order valence-electron chi connectivity index (χ2n) is 6.10. The molecule has 0 heterocycles. The molecule has 0 bridgehead atoms. The Morgan fingerprint density at radius 1 is 1.00 bits per heavy atom. The van der Waals surface area contributed by atoms with Gasteiger partial charge in [0.15, 0.2) is 0 Å². The molecule has 3 rings (SSSR count). The Hall–Kier alpha value is -2.97. The maximum atomic E-state index is 12.2. The Labute approximate surface area is 177 Å². The summed E-state index contributed by atoms with van der Waals surface area (Å²) in [5.41, 5.74) is 2.02. The normalized spacial score (nSPS) is 11.4. The van der Waals surface area contributed by atoms with Crippen molar-refractivity contribution in [3.63, 3.8) is 0 Å². The number of halogens is 1. The average Bonchev–Trinajstić information content (AvgIpc) is 2.70. The molecule has 0 spiro atoms. The van der Waals surface area contributed by atoms with Crippen LogP contribution in [0.3, 0.4) is 0 Å². The van der Waals surface area contributed by atoms with E-state index < -0.39 is 16.0 Å². The van der Waals surface area contributed by atoms with Crippen LogP contribution in [0.1, 0.15) is 21.5 Å². The third kappa shape index (κ3) is 5.52. The van der Waals surface area contributed by atoms with E-state index in [1.54, 1.807) is 54.6 Å². The first-order valence-electron chi connectivity index (χ1n) is 8.53. The second kappa shape index (κ2) is 9.02. The standard InChI is InChI=1S/C21H17BrN2O4S/c1-15-6-12-18(13-7-15)29(26,27)24-23-14-16-8-10-17(11-9-16)28-21(25)19-4-2-3-5-20(19)22/h2-14,24H,1H3. The van der Waals surface area contributed by atoms with Crippen molar-refractivity contribution in [1.82, 2.24) is 4.83 Å². The minimum atomic E-state index is -3.73. The number of esters is 1. The number of benzene rings is 3. The predicted octanol–water partition coefficient (Wildman–Crippen LogP) is 4.29. The van der Waals surface area contributed by atoms with Gasteiger partial charge in [-0.15, -0.1) is 0 Å². The minimum Gasteiger partial charge on any atom is -0.423 e. The van der Waals surface area contributed by atoms with Gasteiger partial charge >= 0.3 is 5.97 Å². The fourth-order valence-electron chi connectivity index (χ4n) is 2.35. The van der Waals surface area contributed by atoms with Gasteiger partial charge in [-0.25, -0.2) is 9.63 Å². The summed E-state index contributed by atoms with van der Waals surface area (Å²) < 4.78 is 30.4. The van der Waals surface area contributed by atoms with Crippen LogP contribution < -0.4 is 9.57 Å². The van der Waals surface area contributed by atoms with E-state index in [1.165, 1.54) is 18.3 Å². The molecule has 0 aliphatic carbocycles. The Morgan fingerprint density at radius 3 is 2.31 bits per heavy atom. The van der Waals surface area contributed by atoms with Crippen LogP contribution in [0.2, 0.25) is 0 Å². The molecule has 0 fully saturated rings. The molecule has 29 heavy (non-hydrogen) atoms. The first kappa shape index (κ1) is 20.8. The van der Waals surface area contributed by atoms with E-state index in [9.17, 15) is 13.2 Å². The number of ether oxygens (including phenoxy) is 1. The van der Waals surface area contributed by atoms with Gasteiger partial charge in [0.2, 0.25) is 0 Å². The summed E-state index contributed by atoms with van der Waals surface area (Å²) >= 11 is 3.31. The van der Waals surface area contributed by atoms with Crippen LogP contribution in [0.5, 0.6) is 5.75 Å². The topological polar surface area (TPSA) is 84.8 Å². The summed E-state index contributed by atoms with van der Waals surface area (Å²) in [7, 11) is -3.73. The quantitative estimate of drug-likeness (QED) is 0.251. The van der Waals surface area contributed by atoms with Gasteiger partial charge in [-0.05, 0) is 76.9 Å². The predicted molar refractivity (Wildman–Crippen MR) is 115 cm³/mol. The molecular weight excluding hydrogens is 456 g/mol. The minimum absolute atomic E-state index is 0.134. The number of nitrogens with zero attached hydrogens (tertiary/aromatic N) is 1. The van der Waals surface area contributed by atoms with Crippen molar-refractivity contribution in [3.8, 4) is 5.75 Å². The number of aryl methyl sites for hydroxylation is 1. The maximum Gasteiger partial charge on any atom is 0.344 e. The van der Waals surface area contributed by atoms with Crippen molar-refractivity contribution < 1.29 is 17.9 Å². The number of carbonyl (C=O) groups excluding carboxylic acids is 1. The Kier molecular flexibility index (Phi) is 6.46. The van der Waals surface area contributed by atoms with Crippen molar-refractivity contribution in [1.29, 1.82) is 0 Å². The molecule has 3 aromatic carbocycles. The molecule has 3 aromatic rings. The monoisotopic (exact) mass is 472 g/mol. The molecule has 0 amide bonds. The first-order chi connectivity index (χ1) is 13.8. The van der Waals surface area contributed by atoms with Crippen LogP contribution in [0.15, 0.2) is 87.3 Å². The number of hydrazone groups is 1. The Morgan fingerprint density at radius 2 is 1.66 bits per heavy atom. The van der Waals surface area contributed by atoms with E-state index in [4.69, 9.17) is 4.74 Å². The highest BCUT2D eigenvalue weighted by Crippen LogP contribution is 2.19. The zero-order chi connectivity index (χ0) is 20.9. The van der Waals surface area contributed by atoms with Crippen LogP contribution in [0.25, 0.3) is 0 Å². The molecule has 8 heteroatoms. The lowest BCUT2D eigenvalue weighted by atomic mass is 10.2. The summed E-state index contributed by atoms with van der Waals surface area (Å²) in [5.74, 6) is -0.118. The highest BCUT2D eigenvalue weighted by Gasteiger charge is 2.13. The summed E-state index contributed by atoms with van der Waals surface area (Å²) in [4.78, 5) is 14.5. The van der Waals surface area contributed by atoms with E-state index >= 15 is 0 Å². The molecular formula is C21H17BrN2O4S. The highest BCUT2D eigenvalue weighted by atomic mass is 79.9. The summed E-state index contributed by atoms with van der Waals surface area (Å²) in [6.07, 6.45) is 1.37. The first-order valence-corrected chi connectivity index (χ1v) is 10.8. The van der Waals surface area contributed by atoms with Crippen molar-refractivity contribution >= 4 is 38.1 Å². The number of nitrogens with one attached hydrogen (secondary N) is 1. The molecule has 0 aliphatic rings. The van der Waals surface area contributed by atoms with E-state index in [1.807, 2.05) is 13.0 Å². The van der Waals surface area contributed by atoms with Gasteiger partial charge < -0.3 is 4.74 Å². The van der Waals surface area contributed by atoms with Crippen LogP contribution >= 0.6 is 15.9 Å². The van der Waals surface area contributed by atoms with Gasteiger partial charge in [0.25, 0.3) is 10.0 Å². The molecule has 6 nitrogen and oxygen atoms in total. The van der Waals surface area contributed by atoms with E-state index in [0.29, 0.717) is 21.3 Å². The van der Waals surface area contributed by atoms with Crippen LogP contribution in [-0.2, 0) is 10.0 Å². The van der Waals surface area contributed by atoms with Gasteiger partial charge in [-0.3, -0.25) is 0 Å². The molecule has 0 aliphatic heterocycles. The lowest BCUT2D eigenvalue weighted by Crippen LogP contribution is -2.18. The molecule has 0 atom stereocenters. The van der Waals surface area contributed by atoms with Gasteiger partial charge in [0.1, 0.15) is 5.75 Å². The van der Waals surface area contributed by atoms with Crippen molar-refractivity contribution in [3.05, 3.63) is 94.0 Å². The zero-order valence-electron chi connectivity index (χ0n) is 15.4. The largest absolute Gasteiger partial charge is 0.423 e. The number of hydrogen-bond donors (Lipinski definition) is 1. The Balaban J connectivity index is 1.62. The number of carbonyl (C=O) groups is 1. The SMILES string of the molecule is Cc1ccc(S(=O)(=O)NN=Cc2ccc(OC(=O)c3ccccc3Br)cc2)cc1. The molecule has 0 aromatic heterocycles. The summed E-state index contributed by atoms with van der Waals surface area (Å²) in [6.45, 7) is 1.88. The Bertz CT molecular complexity index is 1140. The van der Waals surface area contributed by atoms with Crippen molar-refractivity contribution in [2.24, 2.45) is 5.10 Å². The lowest BCUT2D eigenvalue weighted by molar-refractivity contribution is 0.0734. The van der Waals surface area contributed by atoms with Crippen molar-refractivity contribution in [2.75, 3.05) is 0 Å². The van der Waals surface area contributed by atoms with Crippen LogP contribution in [-0.4, -0.2) is 20.6 Å². The zero-order valence-corrected chi connectivity index (χ0v) is 17.8. The van der Waals surface area contributed by atoms with Crippen molar-refractivity contribution in [2.45, 2.75) is 11.8 Å². The second-order valence-corrected chi connectivity index (χ2v) is 8.62. The lowest BCUT2D eigenvalue weighted by Gasteiger charge is -2.06. The van der Waals surface area contributed by atoms with Gasteiger partial charge in [0, 0.05) is 4.47 Å². The highest BCUT2D eigenvalue weighted by molar-refractivity contribution is 9.10. The summed E-state index contributed by atoms with van der Waals surface area (Å²) in [6, 6.07) is 20.0. The average molecular weight is 473 g/mol. The van der Waals surface area contributed by atoms with Crippen LogP contribution in [0, 0.1) is 6.92 Å². The number of hydrogen-bond acceptors (Lipinski definition) is 5. The maximum absolute atomic E-state index is 12.2. The van der Waals surface area contributed by atoms with E-state index in [2.05, 4.69) is 25.9 Å². The molecule has 0 saturated heterocycles. The molecule has 1 N–H and O–H groups in total. The molecule has 0 radical (unpaired) electrons. The van der Waals surface area contributed by atoms with Gasteiger partial charge in [-0.1, -0.05) is 29.8 Å². The van der Waals surface area contributed by atoms with Gasteiger partial charge in [-0.2, -0.15) is 13.5 Å². The summed E-state index contributed by atoms with van der Waals surface area (Å²) in [5, 5.41) is 3.78. The number of rotatable bonds is 6. The van der Waals surface area contributed by atoms with Crippen LogP contribution in [0.4, 0.5) is 0 Å². The van der Waals surface area contributed by atoms with E-state index in [0.717, 1.165) is 5.56 Å². The smallest absolute Gasteiger partial charge is 0.344 e.